The number of carbonyl (C=O) groups is 1. The molecule has 5 nitrogen and oxygen atoms in total. The summed E-state index contributed by atoms with van der Waals surface area (Å²) in [5.41, 5.74) is 2.06. The van der Waals surface area contributed by atoms with E-state index in [1.807, 2.05) is 22.9 Å². The van der Waals surface area contributed by atoms with Crippen LogP contribution in [0.25, 0.3) is 0 Å². The first-order valence-corrected chi connectivity index (χ1v) is 8.37. The Morgan fingerprint density at radius 1 is 1.35 bits per heavy atom. The van der Waals surface area contributed by atoms with E-state index >= 15 is 0 Å². The summed E-state index contributed by atoms with van der Waals surface area (Å²) in [6.45, 7) is 3.70. The minimum atomic E-state index is 0.00366. The van der Waals surface area contributed by atoms with Gasteiger partial charge >= 0.3 is 0 Å². The van der Waals surface area contributed by atoms with Gasteiger partial charge in [-0.15, -0.1) is 0 Å². The summed E-state index contributed by atoms with van der Waals surface area (Å²) < 4.78 is 2.01. The van der Waals surface area contributed by atoms with Gasteiger partial charge in [-0.3, -0.25) is 4.79 Å². The van der Waals surface area contributed by atoms with Crippen molar-refractivity contribution in [2.45, 2.75) is 31.7 Å². The van der Waals surface area contributed by atoms with Crippen LogP contribution in [0.3, 0.4) is 0 Å². The van der Waals surface area contributed by atoms with Crippen LogP contribution in [0.2, 0.25) is 0 Å². The van der Waals surface area contributed by atoms with Gasteiger partial charge in [0.2, 0.25) is 0 Å². The van der Waals surface area contributed by atoms with Crippen molar-refractivity contribution in [3.05, 3.63) is 54.1 Å². The maximum Gasteiger partial charge on any atom is 0.251 e. The van der Waals surface area contributed by atoms with Crippen molar-refractivity contribution in [2.24, 2.45) is 0 Å². The minimum absolute atomic E-state index is 0.00366. The van der Waals surface area contributed by atoms with Gasteiger partial charge in [0.15, 0.2) is 0 Å². The lowest BCUT2D eigenvalue weighted by atomic mass is 9.91. The second-order valence-electron chi connectivity index (χ2n) is 6.08. The number of piperidine rings is 1. The maximum absolute atomic E-state index is 12.2. The molecule has 1 fully saturated rings. The fourth-order valence-electron chi connectivity index (χ4n) is 3.03. The van der Waals surface area contributed by atoms with Crippen LogP contribution in [0.15, 0.2) is 43.0 Å². The molecule has 1 aliphatic rings. The van der Waals surface area contributed by atoms with Crippen molar-refractivity contribution in [1.29, 1.82) is 0 Å². The zero-order valence-corrected chi connectivity index (χ0v) is 13.4. The molecule has 0 radical (unpaired) electrons. The Balaban J connectivity index is 1.45. The van der Waals surface area contributed by atoms with Gasteiger partial charge < -0.3 is 15.2 Å². The van der Waals surface area contributed by atoms with Gasteiger partial charge in [0.1, 0.15) is 0 Å². The molecule has 1 aromatic heterocycles. The average molecular weight is 312 g/mol. The van der Waals surface area contributed by atoms with Crippen molar-refractivity contribution in [2.75, 3.05) is 19.6 Å². The lowest BCUT2D eigenvalue weighted by molar-refractivity contribution is 0.0952. The molecule has 1 aliphatic heterocycles. The second-order valence-corrected chi connectivity index (χ2v) is 6.08. The smallest absolute Gasteiger partial charge is 0.251 e. The molecule has 5 heteroatoms. The van der Waals surface area contributed by atoms with E-state index < -0.39 is 0 Å². The SMILES string of the molecule is O=C(NCCCn1ccnc1)c1ccc(C2CCCNC2)cc1. The Kier molecular flexibility index (Phi) is 5.42. The summed E-state index contributed by atoms with van der Waals surface area (Å²) in [5.74, 6) is 0.583. The second kappa shape index (κ2) is 7.92. The molecular weight excluding hydrogens is 288 g/mol. The number of amides is 1. The first kappa shape index (κ1) is 15.7. The van der Waals surface area contributed by atoms with Crippen molar-refractivity contribution >= 4 is 5.91 Å². The van der Waals surface area contributed by atoms with Gasteiger partial charge in [-0.2, -0.15) is 0 Å². The summed E-state index contributed by atoms with van der Waals surface area (Å²) in [7, 11) is 0. The molecular formula is C18H24N4O. The van der Waals surface area contributed by atoms with Gasteiger partial charge in [-0.1, -0.05) is 12.1 Å². The van der Waals surface area contributed by atoms with E-state index in [0.717, 1.165) is 31.6 Å². The standard InChI is InChI=1S/C18H24N4O/c23-18(21-9-2-11-22-12-10-20-14-22)16-6-4-15(5-7-16)17-3-1-8-19-13-17/h4-7,10,12,14,17,19H,1-3,8-9,11,13H2,(H,21,23). The number of imidazole rings is 1. The van der Waals surface area contributed by atoms with E-state index in [4.69, 9.17) is 0 Å². The third kappa shape index (κ3) is 4.42. The zero-order valence-electron chi connectivity index (χ0n) is 13.4. The highest BCUT2D eigenvalue weighted by Gasteiger charge is 2.15. The molecule has 2 heterocycles. The summed E-state index contributed by atoms with van der Waals surface area (Å²) in [4.78, 5) is 16.2. The lowest BCUT2D eigenvalue weighted by Crippen LogP contribution is -2.28. The van der Waals surface area contributed by atoms with Crippen LogP contribution in [-0.4, -0.2) is 35.1 Å². The van der Waals surface area contributed by atoms with Crippen molar-refractivity contribution in [3.63, 3.8) is 0 Å². The van der Waals surface area contributed by atoms with Gasteiger partial charge in [-0.25, -0.2) is 4.98 Å². The summed E-state index contributed by atoms with van der Waals surface area (Å²) in [6, 6.07) is 8.07. The van der Waals surface area contributed by atoms with Gasteiger partial charge in [-0.05, 0) is 49.4 Å². The maximum atomic E-state index is 12.2. The van der Waals surface area contributed by atoms with Gasteiger partial charge in [0.25, 0.3) is 5.91 Å². The van der Waals surface area contributed by atoms with Crippen molar-refractivity contribution in [3.8, 4) is 0 Å². The number of nitrogens with one attached hydrogen (secondary N) is 2. The third-order valence-electron chi connectivity index (χ3n) is 4.38. The molecule has 1 amide bonds. The molecule has 23 heavy (non-hydrogen) atoms. The predicted molar refractivity (Wildman–Crippen MR) is 90.5 cm³/mol. The summed E-state index contributed by atoms with van der Waals surface area (Å²) in [5, 5.41) is 6.41. The highest BCUT2D eigenvalue weighted by molar-refractivity contribution is 5.94. The Labute approximate surface area is 137 Å². The quantitative estimate of drug-likeness (QED) is 0.804. The van der Waals surface area contributed by atoms with Gasteiger partial charge in [0, 0.05) is 37.6 Å². The van der Waals surface area contributed by atoms with Crippen LogP contribution < -0.4 is 10.6 Å². The summed E-state index contributed by atoms with van der Waals surface area (Å²) >= 11 is 0. The Hall–Kier alpha value is -2.14. The molecule has 0 saturated carbocycles. The normalized spacial score (nSPS) is 17.8. The first-order chi connectivity index (χ1) is 11.3. The van der Waals surface area contributed by atoms with Crippen LogP contribution in [0.1, 0.15) is 41.1 Å². The Morgan fingerprint density at radius 3 is 2.91 bits per heavy atom. The molecule has 1 atom stereocenters. The van der Waals surface area contributed by atoms with E-state index in [9.17, 15) is 4.79 Å². The van der Waals surface area contributed by atoms with Crippen LogP contribution in [0, 0.1) is 0 Å². The average Bonchev–Trinajstić information content (AvgIpc) is 3.13. The zero-order chi connectivity index (χ0) is 15.9. The predicted octanol–water partition coefficient (Wildman–Crippen LogP) is 2.17. The summed E-state index contributed by atoms with van der Waals surface area (Å²) in [6.07, 6.45) is 8.84. The fourth-order valence-corrected chi connectivity index (χ4v) is 3.03. The fraction of sp³-hybridized carbons (Fsp3) is 0.444. The molecule has 0 aliphatic carbocycles. The molecule has 2 N–H and O–H groups in total. The molecule has 1 aromatic carbocycles. The monoisotopic (exact) mass is 312 g/mol. The lowest BCUT2D eigenvalue weighted by Gasteiger charge is -2.23. The molecule has 0 bridgehead atoms. The Bertz CT molecular complexity index is 600. The number of aromatic nitrogens is 2. The number of rotatable bonds is 6. The number of nitrogens with zero attached hydrogens (tertiary/aromatic N) is 2. The number of carbonyl (C=O) groups excluding carboxylic acids is 1. The van der Waals surface area contributed by atoms with E-state index in [2.05, 4.69) is 27.8 Å². The van der Waals surface area contributed by atoms with Crippen LogP contribution in [-0.2, 0) is 6.54 Å². The molecule has 122 valence electrons. The number of hydrogen-bond acceptors (Lipinski definition) is 3. The third-order valence-corrected chi connectivity index (χ3v) is 4.38. The highest BCUT2D eigenvalue weighted by atomic mass is 16.1. The number of hydrogen-bond donors (Lipinski definition) is 2. The Morgan fingerprint density at radius 2 is 2.22 bits per heavy atom. The van der Waals surface area contributed by atoms with Crippen LogP contribution in [0.5, 0.6) is 0 Å². The number of benzene rings is 1. The van der Waals surface area contributed by atoms with E-state index in [-0.39, 0.29) is 5.91 Å². The molecule has 1 saturated heterocycles. The highest BCUT2D eigenvalue weighted by Crippen LogP contribution is 2.23. The number of aryl methyl sites for hydroxylation is 1. The molecule has 3 rings (SSSR count). The van der Waals surface area contributed by atoms with E-state index in [0.29, 0.717) is 12.5 Å². The van der Waals surface area contributed by atoms with E-state index in [1.165, 1.54) is 18.4 Å². The minimum Gasteiger partial charge on any atom is -0.352 e. The first-order valence-electron chi connectivity index (χ1n) is 8.37. The molecule has 0 spiro atoms. The van der Waals surface area contributed by atoms with Crippen molar-refractivity contribution < 1.29 is 4.79 Å². The largest absolute Gasteiger partial charge is 0.352 e. The van der Waals surface area contributed by atoms with Gasteiger partial charge in [0.05, 0.1) is 6.33 Å². The van der Waals surface area contributed by atoms with Crippen molar-refractivity contribution in [1.82, 2.24) is 20.2 Å². The van der Waals surface area contributed by atoms with Crippen LogP contribution >= 0.6 is 0 Å². The topological polar surface area (TPSA) is 59.0 Å². The molecule has 1 unspecified atom stereocenters. The van der Waals surface area contributed by atoms with Crippen LogP contribution in [0.4, 0.5) is 0 Å². The van der Waals surface area contributed by atoms with E-state index in [1.54, 1.807) is 12.5 Å². The molecule has 2 aromatic rings.